The second kappa shape index (κ2) is 12.7. The van der Waals surface area contributed by atoms with Crippen molar-refractivity contribution in [2.24, 2.45) is 11.8 Å². The molecule has 2 aromatic carbocycles. The zero-order valence-electron chi connectivity index (χ0n) is 19.6. The quantitative estimate of drug-likeness (QED) is 0.240. The summed E-state index contributed by atoms with van der Waals surface area (Å²) in [7, 11) is 0. The van der Waals surface area contributed by atoms with Gasteiger partial charge in [-0.25, -0.2) is 0 Å². The van der Waals surface area contributed by atoms with Gasteiger partial charge in [-0.15, -0.1) is 0 Å². The summed E-state index contributed by atoms with van der Waals surface area (Å²) in [6.07, 6.45) is 13.5. The molecule has 0 amide bonds. The Bertz CT molecular complexity index is 775. The van der Waals surface area contributed by atoms with Crippen LogP contribution in [0.25, 0.3) is 11.1 Å². The first-order valence-electron chi connectivity index (χ1n) is 12.6. The van der Waals surface area contributed by atoms with Crippen LogP contribution in [0.5, 0.6) is 5.75 Å². The van der Waals surface area contributed by atoms with E-state index in [1.807, 2.05) is 12.1 Å². The number of carbonyl (C=O) groups is 1. The Labute approximate surface area is 189 Å². The summed E-state index contributed by atoms with van der Waals surface area (Å²) in [4.78, 5) is 12.9. The predicted octanol–water partition coefficient (Wildman–Crippen LogP) is 8.49. The molecule has 2 heteroatoms. The number of Topliss-reactive ketones (excluding diaryl/α,β-unsaturated/α-hetero) is 1. The maximum atomic E-state index is 12.9. The molecule has 0 N–H and O–H groups in total. The van der Waals surface area contributed by atoms with Crippen molar-refractivity contribution in [2.45, 2.75) is 84.5 Å². The first kappa shape index (κ1) is 23.6. The molecule has 3 rings (SSSR count). The molecule has 1 aliphatic rings. The third kappa shape index (κ3) is 7.23. The highest BCUT2D eigenvalue weighted by Gasteiger charge is 2.29. The van der Waals surface area contributed by atoms with E-state index in [2.05, 4.69) is 50.2 Å². The average Bonchev–Trinajstić information content (AvgIpc) is 3.29. The Kier molecular flexibility index (Phi) is 9.65. The number of ether oxygens (including phenoxy) is 1. The molecule has 0 unspecified atom stereocenters. The van der Waals surface area contributed by atoms with Crippen molar-refractivity contribution in [3.63, 3.8) is 0 Å². The molecule has 0 heterocycles. The number of benzene rings is 2. The Morgan fingerprint density at radius 3 is 2.13 bits per heavy atom. The third-order valence-electron chi connectivity index (χ3n) is 6.75. The fourth-order valence-corrected chi connectivity index (χ4v) is 4.77. The highest BCUT2D eigenvalue weighted by Crippen LogP contribution is 2.36. The summed E-state index contributed by atoms with van der Waals surface area (Å²) in [5.41, 5.74) is 3.18. The third-order valence-corrected chi connectivity index (χ3v) is 6.75. The van der Waals surface area contributed by atoms with E-state index in [0.29, 0.717) is 5.78 Å². The molecular formula is C29H40O2. The lowest BCUT2D eigenvalue weighted by molar-refractivity contribution is 0.0919. The SMILES string of the molecule is CCCCCCCOc1ccc(-c2ccc(C(=O)[C@H]3CC[C@H](CCCC)C3)cc2)cc1. The van der Waals surface area contributed by atoms with Gasteiger partial charge >= 0.3 is 0 Å². The molecule has 2 nitrogen and oxygen atoms in total. The summed E-state index contributed by atoms with van der Waals surface area (Å²) in [6, 6.07) is 16.5. The smallest absolute Gasteiger partial charge is 0.165 e. The molecule has 1 aliphatic carbocycles. The molecule has 0 spiro atoms. The highest BCUT2D eigenvalue weighted by atomic mass is 16.5. The van der Waals surface area contributed by atoms with Crippen LogP contribution in [0.4, 0.5) is 0 Å². The van der Waals surface area contributed by atoms with Gasteiger partial charge in [-0.2, -0.15) is 0 Å². The molecule has 0 aromatic heterocycles. The molecule has 0 saturated heterocycles. The number of hydrogen-bond acceptors (Lipinski definition) is 2. The van der Waals surface area contributed by atoms with E-state index in [4.69, 9.17) is 4.74 Å². The van der Waals surface area contributed by atoms with E-state index in [1.165, 1.54) is 51.4 Å². The van der Waals surface area contributed by atoms with Crippen molar-refractivity contribution in [3.8, 4) is 16.9 Å². The van der Waals surface area contributed by atoms with Gasteiger partial charge in [0, 0.05) is 11.5 Å². The largest absolute Gasteiger partial charge is 0.494 e. The minimum Gasteiger partial charge on any atom is -0.494 e. The van der Waals surface area contributed by atoms with Gasteiger partial charge in [-0.3, -0.25) is 4.79 Å². The van der Waals surface area contributed by atoms with E-state index in [-0.39, 0.29) is 5.92 Å². The molecular weight excluding hydrogens is 380 g/mol. The standard InChI is InChI=1S/C29H40O2/c1-3-5-7-8-9-21-31-28-19-17-25(18-20-28)24-13-15-26(16-14-24)29(30)27-12-11-23(22-27)10-6-4-2/h13-20,23,27H,3-12,21-22H2,1-2H3/t23-,27-/m0/s1. The van der Waals surface area contributed by atoms with E-state index in [0.717, 1.165) is 54.2 Å². The van der Waals surface area contributed by atoms with Crippen LogP contribution in [0.15, 0.2) is 48.5 Å². The average molecular weight is 421 g/mol. The van der Waals surface area contributed by atoms with Gasteiger partial charge < -0.3 is 4.74 Å². The Morgan fingerprint density at radius 1 is 0.806 bits per heavy atom. The highest BCUT2D eigenvalue weighted by molar-refractivity contribution is 5.98. The second-order valence-corrected chi connectivity index (χ2v) is 9.25. The van der Waals surface area contributed by atoms with E-state index in [9.17, 15) is 4.79 Å². The van der Waals surface area contributed by atoms with Crippen molar-refractivity contribution >= 4 is 5.78 Å². The van der Waals surface area contributed by atoms with E-state index >= 15 is 0 Å². The number of unbranched alkanes of at least 4 members (excludes halogenated alkanes) is 5. The lowest BCUT2D eigenvalue weighted by Crippen LogP contribution is -2.11. The zero-order chi connectivity index (χ0) is 21.9. The first-order valence-corrected chi connectivity index (χ1v) is 12.6. The van der Waals surface area contributed by atoms with Gasteiger partial charge in [0.05, 0.1) is 6.61 Å². The summed E-state index contributed by atoms with van der Waals surface area (Å²) in [5.74, 6) is 2.26. The van der Waals surface area contributed by atoms with Gasteiger partial charge in [0.1, 0.15) is 5.75 Å². The van der Waals surface area contributed by atoms with Gasteiger partial charge in [0.15, 0.2) is 5.78 Å². The number of hydrogen-bond donors (Lipinski definition) is 0. The number of rotatable bonds is 13. The maximum Gasteiger partial charge on any atom is 0.165 e. The molecule has 168 valence electrons. The minimum absolute atomic E-state index is 0.228. The number of carbonyl (C=O) groups excluding carboxylic acids is 1. The fourth-order valence-electron chi connectivity index (χ4n) is 4.77. The molecule has 2 atom stereocenters. The Morgan fingerprint density at radius 2 is 1.45 bits per heavy atom. The predicted molar refractivity (Wildman–Crippen MR) is 131 cm³/mol. The van der Waals surface area contributed by atoms with Crippen LogP contribution in [-0.4, -0.2) is 12.4 Å². The second-order valence-electron chi connectivity index (χ2n) is 9.25. The van der Waals surface area contributed by atoms with Crippen molar-refractivity contribution in [1.82, 2.24) is 0 Å². The molecule has 0 radical (unpaired) electrons. The van der Waals surface area contributed by atoms with Gasteiger partial charge in [-0.05, 0) is 54.9 Å². The van der Waals surface area contributed by atoms with Crippen molar-refractivity contribution in [1.29, 1.82) is 0 Å². The summed E-state index contributed by atoms with van der Waals surface area (Å²) in [6.45, 7) is 5.28. The van der Waals surface area contributed by atoms with E-state index < -0.39 is 0 Å². The molecule has 0 aliphatic heterocycles. The van der Waals surface area contributed by atoms with Gasteiger partial charge in [-0.1, -0.05) is 95.2 Å². The lowest BCUT2D eigenvalue weighted by atomic mass is 9.92. The maximum absolute atomic E-state index is 12.9. The molecule has 1 fully saturated rings. The van der Waals surface area contributed by atoms with Crippen LogP contribution in [-0.2, 0) is 0 Å². The van der Waals surface area contributed by atoms with Crippen LogP contribution < -0.4 is 4.74 Å². The Hall–Kier alpha value is -2.09. The van der Waals surface area contributed by atoms with E-state index in [1.54, 1.807) is 0 Å². The fraction of sp³-hybridized carbons (Fsp3) is 0.552. The molecule has 1 saturated carbocycles. The summed E-state index contributed by atoms with van der Waals surface area (Å²) in [5, 5.41) is 0. The summed E-state index contributed by atoms with van der Waals surface area (Å²) < 4.78 is 5.87. The van der Waals surface area contributed by atoms with Gasteiger partial charge in [0.2, 0.25) is 0 Å². The van der Waals surface area contributed by atoms with Crippen LogP contribution in [0.3, 0.4) is 0 Å². The number of ketones is 1. The van der Waals surface area contributed by atoms with Crippen LogP contribution in [0.1, 0.15) is 94.8 Å². The summed E-state index contributed by atoms with van der Waals surface area (Å²) >= 11 is 0. The van der Waals surface area contributed by atoms with Crippen molar-refractivity contribution in [2.75, 3.05) is 6.61 Å². The monoisotopic (exact) mass is 420 g/mol. The molecule has 2 aromatic rings. The van der Waals surface area contributed by atoms with Crippen LogP contribution in [0, 0.1) is 11.8 Å². The van der Waals surface area contributed by atoms with Crippen LogP contribution >= 0.6 is 0 Å². The molecule has 31 heavy (non-hydrogen) atoms. The van der Waals surface area contributed by atoms with Crippen molar-refractivity contribution in [3.05, 3.63) is 54.1 Å². The normalized spacial score (nSPS) is 18.3. The zero-order valence-corrected chi connectivity index (χ0v) is 19.6. The molecule has 0 bridgehead atoms. The first-order chi connectivity index (χ1) is 15.2. The topological polar surface area (TPSA) is 26.3 Å². The van der Waals surface area contributed by atoms with Crippen molar-refractivity contribution < 1.29 is 9.53 Å². The Balaban J connectivity index is 1.49. The minimum atomic E-state index is 0.228. The lowest BCUT2D eigenvalue weighted by Gasteiger charge is -2.11. The van der Waals surface area contributed by atoms with Crippen LogP contribution in [0.2, 0.25) is 0 Å². The van der Waals surface area contributed by atoms with Gasteiger partial charge in [0.25, 0.3) is 0 Å².